The van der Waals surface area contributed by atoms with Crippen LogP contribution in [0.5, 0.6) is 0 Å². The van der Waals surface area contributed by atoms with Crippen molar-refractivity contribution in [3.05, 3.63) is 35.9 Å². The Morgan fingerprint density at radius 2 is 2.15 bits per heavy atom. The zero-order valence-corrected chi connectivity index (χ0v) is 12.1. The summed E-state index contributed by atoms with van der Waals surface area (Å²) in [4.78, 5) is 2.45. The second kappa shape index (κ2) is 5.82. The van der Waals surface area contributed by atoms with E-state index in [4.69, 9.17) is 15.2 Å². The first-order chi connectivity index (χ1) is 9.71. The lowest BCUT2D eigenvalue weighted by atomic mass is 10.1. The molecule has 0 spiro atoms. The maximum Gasteiger partial charge on any atom is 0.192 e. The van der Waals surface area contributed by atoms with Crippen LogP contribution in [0.4, 0.5) is 0 Å². The quantitative estimate of drug-likeness (QED) is 0.909. The van der Waals surface area contributed by atoms with Crippen molar-refractivity contribution in [2.45, 2.75) is 37.7 Å². The van der Waals surface area contributed by atoms with Crippen molar-refractivity contribution in [1.82, 2.24) is 4.90 Å². The summed E-state index contributed by atoms with van der Waals surface area (Å²) in [7, 11) is 0. The molecule has 0 bridgehead atoms. The largest absolute Gasteiger partial charge is 0.343 e. The molecule has 2 aliphatic heterocycles. The molecule has 20 heavy (non-hydrogen) atoms. The highest BCUT2D eigenvalue weighted by Gasteiger charge is 2.40. The topological polar surface area (TPSA) is 47.7 Å². The van der Waals surface area contributed by atoms with Crippen molar-refractivity contribution in [3.8, 4) is 0 Å². The van der Waals surface area contributed by atoms with Gasteiger partial charge in [-0.05, 0) is 26.3 Å². The molecule has 0 radical (unpaired) electrons. The molecule has 1 aromatic carbocycles. The van der Waals surface area contributed by atoms with Gasteiger partial charge in [-0.15, -0.1) is 0 Å². The molecular formula is C16H24N2O2. The molecule has 1 aromatic rings. The molecule has 3 atom stereocenters. The van der Waals surface area contributed by atoms with E-state index in [2.05, 4.69) is 17.0 Å². The van der Waals surface area contributed by atoms with E-state index in [1.54, 1.807) is 0 Å². The minimum atomic E-state index is -0.607. The van der Waals surface area contributed by atoms with Crippen molar-refractivity contribution in [2.75, 3.05) is 26.2 Å². The predicted molar refractivity (Wildman–Crippen MR) is 78.3 cm³/mol. The molecule has 0 aliphatic carbocycles. The summed E-state index contributed by atoms with van der Waals surface area (Å²) in [5.41, 5.74) is 6.91. The fourth-order valence-electron chi connectivity index (χ4n) is 3.28. The monoisotopic (exact) mass is 276 g/mol. The molecule has 110 valence electrons. The lowest BCUT2D eigenvalue weighted by molar-refractivity contribution is -0.163. The van der Waals surface area contributed by atoms with E-state index in [1.165, 1.54) is 12.8 Å². The Morgan fingerprint density at radius 1 is 1.35 bits per heavy atom. The lowest BCUT2D eigenvalue weighted by Crippen LogP contribution is -2.41. The zero-order valence-electron chi connectivity index (χ0n) is 12.1. The highest BCUT2D eigenvalue weighted by Crippen LogP contribution is 2.34. The summed E-state index contributed by atoms with van der Waals surface area (Å²) in [6.45, 7) is 5.45. The third kappa shape index (κ3) is 2.74. The Balaban J connectivity index is 1.62. The molecule has 3 unspecified atom stereocenters. The van der Waals surface area contributed by atoms with E-state index in [0.717, 1.165) is 25.2 Å². The van der Waals surface area contributed by atoms with Crippen LogP contribution in [0, 0.1) is 0 Å². The standard InChI is InChI=1S/C16H24N2O2/c1-16(13-6-3-2-4-7-13)19-12-15(20-16)11-18-9-5-8-14(18)10-17/h2-4,6-7,14-15H,5,8-12,17H2,1H3. The maximum atomic E-state index is 6.19. The fourth-order valence-corrected chi connectivity index (χ4v) is 3.28. The van der Waals surface area contributed by atoms with E-state index in [-0.39, 0.29) is 6.10 Å². The molecule has 2 heterocycles. The average Bonchev–Trinajstić information content (AvgIpc) is 3.08. The normalized spacial score (nSPS) is 34.7. The molecule has 2 aliphatic rings. The minimum absolute atomic E-state index is 0.132. The van der Waals surface area contributed by atoms with Gasteiger partial charge >= 0.3 is 0 Å². The fraction of sp³-hybridized carbons (Fsp3) is 0.625. The summed E-state index contributed by atoms with van der Waals surface area (Å²) in [6, 6.07) is 10.7. The predicted octanol–water partition coefficient (Wildman–Crippen LogP) is 1.70. The average molecular weight is 276 g/mol. The Bertz CT molecular complexity index is 439. The second-order valence-corrected chi connectivity index (χ2v) is 5.89. The second-order valence-electron chi connectivity index (χ2n) is 5.89. The van der Waals surface area contributed by atoms with Crippen LogP contribution in [0.2, 0.25) is 0 Å². The molecule has 0 aromatic heterocycles. The van der Waals surface area contributed by atoms with Gasteiger partial charge in [-0.1, -0.05) is 30.3 Å². The number of nitrogens with two attached hydrogens (primary N) is 1. The van der Waals surface area contributed by atoms with E-state index in [0.29, 0.717) is 12.6 Å². The number of hydrogen-bond acceptors (Lipinski definition) is 4. The van der Waals surface area contributed by atoms with E-state index in [9.17, 15) is 0 Å². The Morgan fingerprint density at radius 3 is 2.90 bits per heavy atom. The van der Waals surface area contributed by atoms with E-state index >= 15 is 0 Å². The minimum Gasteiger partial charge on any atom is -0.343 e. The van der Waals surface area contributed by atoms with Crippen molar-refractivity contribution in [2.24, 2.45) is 5.73 Å². The van der Waals surface area contributed by atoms with Gasteiger partial charge in [0.15, 0.2) is 5.79 Å². The summed E-state index contributed by atoms with van der Waals surface area (Å²) in [6.07, 6.45) is 2.58. The lowest BCUT2D eigenvalue weighted by Gasteiger charge is -2.27. The van der Waals surface area contributed by atoms with Crippen LogP contribution >= 0.6 is 0 Å². The van der Waals surface area contributed by atoms with Crippen LogP contribution in [-0.2, 0) is 15.3 Å². The van der Waals surface area contributed by atoms with Crippen LogP contribution in [0.15, 0.2) is 30.3 Å². The van der Waals surface area contributed by atoms with Crippen molar-refractivity contribution < 1.29 is 9.47 Å². The first-order valence-electron chi connectivity index (χ1n) is 7.53. The molecule has 2 saturated heterocycles. The van der Waals surface area contributed by atoms with Crippen LogP contribution in [0.3, 0.4) is 0 Å². The molecule has 0 amide bonds. The highest BCUT2D eigenvalue weighted by molar-refractivity contribution is 5.20. The highest BCUT2D eigenvalue weighted by atomic mass is 16.7. The number of benzene rings is 1. The number of likely N-dealkylation sites (tertiary alicyclic amines) is 1. The number of ether oxygens (including phenoxy) is 2. The van der Waals surface area contributed by atoms with Gasteiger partial charge in [0.25, 0.3) is 0 Å². The SMILES string of the molecule is CC1(c2ccccc2)OCC(CN2CCCC2CN)O1. The van der Waals surface area contributed by atoms with Gasteiger partial charge in [-0.2, -0.15) is 0 Å². The summed E-state index contributed by atoms with van der Waals surface area (Å²) in [5.74, 6) is -0.607. The molecule has 3 rings (SSSR count). The number of nitrogens with zero attached hydrogens (tertiary/aromatic N) is 1. The number of hydrogen-bond donors (Lipinski definition) is 1. The van der Waals surface area contributed by atoms with Gasteiger partial charge in [-0.25, -0.2) is 0 Å². The maximum absolute atomic E-state index is 6.19. The zero-order chi connectivity index (χ0) is 14.0. The van der Waals surface area contributed by atoms with Gasteiger partial charge in [0.2, 0.25) is 0 Å². The molecular weight excluding hydrogens is 252 g/mol. The van der Waals surface area contributed by atoms with Crippen LogP contribution in [-0.4, -0.2) is 43.3 Å². The van der Waals surface area contributed by atoms with Gasteiger partial charge in [0, 0.05) is 24.7 Å². The molecule has 2 fully saturated rings. The Kier molecular flexibility index (Phi) is 4.08. The number of rotatable bonds is 4. The van der Waals surface area contributed by atoms with Gasteiger partial charge in [-0.3, -0.25) is 4.90 Å². The Hall–Kier alpha value is -0.940. The summed E-state index contributed by atoms with van der Waals surface area (Å²) in [5, 5.41) is 0. The van der Waals surface area contributed by atoms with Crippen LogP contribution in [0.1, 0.15) is 25.3 Å². The molecule has 0 saturated carbocycles. The third-order valence-electron chi connectivity index (χ3n) is 4.44. The van der Waals surface area contributed by atoms with Crippen LogP contribution in [0.25, 0.3) is 0 Å². The Labute approximate surface area is 120 Å². The molecule has 4 nitrogen and oxygen atoms in total. The first kappa shape index (κ1) is 14.0. The van der Waals surface area contributed by atoms with Gasteiger partial charge < -0.3 is 15.2 Å². The first-order valence-corrected chi connectivity index (χ1v) is 7.53. The van der Waals surface area contributed by atoms with E-state index in [1.807, 2.05) is 25.1 Å². The van der Waals surface area contributed by atoms with Crippen molar-refractivity contribution >= 4 is 0 Å². The smallest absolute Gasteiger partial charge is 0.192 e. The van der Waals surface area contributed by atoms with Crippen molar-refractivity contribution in [1.29, 1.82) is 0 Å². The van der Waals surface area contributed by atoms with Crippen LogP contribution < -0.4 is 5.73 Å². The van der Waals surface area contributed by atoms with Crippen molar-refractivity contribution in [3.63, 3.8) is 0 Å². The third-order valence-corrected chi connectivity index (χ3v) is 4.44. The van der Waals surface area contributed by atoms with Gasteiger partial charge in [0.1, 0.15) is 0 Å². The molecule has 4 heteroatoms. The van der Waals surface area contributed by atoms with E-state index < -0.39 is 5.79 Å². The van der Waals surface area contributed by atoms with Gasteiger partial charge in [0.05, 0.1) is 12.7 Å². The summed E-state index contributed by atoms with van der Waals surface area (Å²) >= 11 is 0. The summed E-state index contributed by atoms with van der Waals surface area (Å²) < 4.78 is 12.1. The molecule has 2 N–H and O–H groups in total.